The van der Waals surface area contributed by atoms with Crippen molar-refractivity contribution in [3.63, 3.8) is 0 Å². The molecule has 0 aliphatic carbocycles. The fraction of sp³-hybridized carbons (Fsp3) is 1.00. The van der Waals surface area contributed by atoms with E-state index in [1.54, 1.807) is 7.11 Å². The van der Waals surface area contributed by atoms with Crippen molar-refractivity contribution in [1.29, 1.82) is 0 Å². The lowest BCUT2D eigenvalue weighted by Crippen LogP contribution is -2.38. The first kappa shape index (κ1) is 33.9. The smallest absolute Gasteiger partial charge is 0.113 e. The maximum absolute atomic E-state index is 9.32. The third kappa shape index (κ3) is 17.4. The Morgan fingerprint density at radius 1 is 0.611 bits per heavy atom. The van der Waals surface area contributed by atoms with Crippen LogP contribution >= 0.6 is 0 Å². The van der Waals surface area contributed by atoms with Gasteiger partial charge in [0.25, 0.3) is 0 Å². The molecule has 212 valence electrons. The van der Waals surface area contributed by atoms with E-state index in [0.717, 1.165) is 13.0 Å². The van der Waals surface area contributed by atoms with Crippen LogP contribution in [0.3, 0.4) is 0 Å². The number of hydrogen-bond acceptors (Lipinski definition) is 5. The van der Waals surface area contributed by atoms with E-state index in [0.29, 0.717) is 13.2 Å². The minimum atomic E-state index is -0.573. The average Bonchev–Trinajstić information content (AvgIpc) is 3.20. The highest BCUT2D eigenvalue weighted by molar-refractivity contribution is 6.11. The third-order valence-corrected chi connectivity index (χ3v) is 7.48. The van der Waals surface area contributed by atoms with Gasteiger partial charge in [-0.3, -0.25) is 0 Å². The molecule has 1 rings (SSSR count). The molecule has 1 aliphatic rings. The molecule has 0 bridgehead atoms. The van der Waals surface area contributed by atoms with Crippen LogP contribution in [0.15, 0.2) is 0 Å². The lowest BCUT2D eigenvalue weighted by Gasteiger charge is -2.22. The van der Waals surface area contributed by atoms with Crippen LogP contribution in [-0.2, 0) is 18.9 Å². The largest absolute Gasteiger partial charge is 0.394 e. The molecular weight excluding hydrogens is 451 g/mol. The number of methoxy groups -OCH3 is 1. The summed E-state index contributed by atoms with van der Waals surface area (Å²) in [5, 5.41) is 9.32. The summed E-state index contributed by atoms with van der Waals surface area (Å²) < 4.78 is 22.3. The molecule has 6 heteroatoms. The van der Waals surface area contributed by atoms with Crippen molar-refractivity contribution in [2.75, 3.05) is 33.5 Å². The lowest BCUT2D eigenvalue weighted by molar-refractivity contribution is -0.0631. The van der Waals surface area contributed by atoms with E-state index in [1.807, 2.05) is 0 Å². The first-order valence-corrected chi connectivity index (χ1v) is 15.5. The average molecular weight is 511 g/mol. The Bertz CT molecular complexity index is 453. The molecule has 1 aliphatic heterocycles. The van der Waals surface area contributed by atoms with Crippen molar-refractivity contribution in [3.05, 3.63) is 0 Å². The highest BCUT2D eigenvalue weighted by atomic mass is 16.6. The van der Waals surface area contributed by atoms with Gasteiger partial charge in [0.1, 0.15) is 26.2 Å². The Hall–Kier alpha value is -0.135. The van der Waals surface area contributed by atoms with E-state index in [1.165, 1.54) is 122 Å². The first-order chi connectivity index (χ1) is 17.7. The molecule has 1 N–H and O–H groups in total. The topological polar surface area (TPSA) is 57.2 Å². The van der Waals surface area contributed by atoms with Gasteiger partial charge >= 0.3 is 0 Å². The molecule has 4 unspecified atom stereocenters. The fourth-order valence-corrected chi connectivity index (χ4v) is 5.18. The molecule has 0 aromatic heterocycles. The van der Waals surface area contributed by atoms with Crippen molar-refractivity contribution >= 4 is 7.85 Å². The summed E-state index contributed by atoms with van der Waals surface area (Å²) in [6.45, 7) is 3.95. The monoisotopic (exact) mass is 510 g/mol. The molecule has 0 saturated carbocycles. The number of aliphatic hydroxyl groups excluding tert-OH is 1. The normalized spacial score (nSPS) is 22.0. The van der Waals surface area contributed by atoms with Crippen molar-refractivity contribution in [2.45, 2.75) is 160 Å². The molecule has 1 fully saturated rings. The van der Waals surface area contributed by atoms with Gasteiger partial charge in [-0.1, -0.05) is 129 Å². The van der Waals surface area contributed by atoms with Crippen LogP contribution in [-0.4, -0.2) is 70.8 Å². The summed E-state index contributed by atoms with van der Waals surface area (Å²) in [7, 11) is 7.52. The van der Waals surface area contributed by atoms with Crippen LogP contribution in [0.25, 0.3) is 0 Å². The predicted molar refractivity (Wildman–Crippen MR) is 151 cm³/mol. The Morgan fingerprint density at radius 3 is 1.47 bits per heavy atom. The summed E-state index contributed by atoms with van der Waals surface area (Å²) in [6, 6.07) is -0.573. The SMILES string of the molecule is [B]C1OC(CO)C(OC)C1OCCOCCCCCCCCCCCCCCCCCCCCCC. The third-order valence-electron chi connectivity index (χ3n) is 7.48. The highest BCUT2D eigenvalue weighted by Gasteiger charge is 2.42. The summed E-state index contributed by atoms with van der Waals surface area (Å²) in [4.78, 5) is 0. The maximum atomic E-state index is 9.32. The number of hydrogen-bond donors (Lipinski definition) is 1. The van der Waals surface area contributed by atoms with Crippen molar-refractivity contribution in [3.8, 4) is 0 Å². The number of ether oxygens (including phenoxy) is 4. The molecule has 0 aromatic rings. The van der Waals surface area contributed by atoms with Crippen LogP contribution in [0.4, 0.5) is 0 Å². The van der Waals surface area contributed by atoms with Gasteiger partial charge in [-0.15, -0.1) is 0 Å². The van der Waals surface area contributed by atoms with Gasteiger partial charge in [-0.2, -0.15) is 0 Å². The molecule has 0 spiro atoms. The van der Waals surface area contributed by atoms with Gasteiger partial charge in [-0.05, 0) is 6.42 Å². The zero-order chi connectivity index (χ0) is 26.1. The summed E-state index contributed by atoms with van der Waals surface area (Å²) >= 11 is 0. The van der Waals surface area contributed by atoms with E-state index in [2.05, 4.69) is 6.92 Å². The Balaban J connectivity index is 1.73. The Labute approximate surface area is 225 Å². The molecule has 5 nitrogen and oxygen atoms in total. The second-order valence-corrected chi connectivity index (χ2v) is 10.7. The quantitative estimate of drug-likeness (QED) is 0.0943. The number of aliphatic hydroxyl groups is 1. The van der Waals surface area contributed by atoms with Gasteiger partial charge in [0.2, 0.25) is 0 Å². The number of rotatable bonds is 27. The highest BCUT2D eigenvalue weighted by Crippen LogP contribution is 2.24. The molecule has 36 heavy (non-hydrogen) atoms. The second kappa shape index (κ2) is 25.2. The maximum Gasteiger partial charge on any atom is 0.113 e. The van der Waals surface area contributed by atoms with E-state index in [9.17, 15) is 5.11 Å². The zero-order valence-corrected chi connectivity index (χ0v) is 23.9. The Kier molecular flexibility index (Phi) is 23.7. The standard InChI is InChI=1S/C30H59BO5/c1-3-4-5-6-7-8-9-10-11-12-13-14-15-16-17-18-19-20-21-22-23-34-24-25-35-29-28(33-2)27(26-32)36-30(29)31/h27-30,32H,3-26H2,1-2H3. The van der Waals surface area contributed by atoms with E-state index in [-0.39, 0.29) is 18.8 Å². The van der Waals surface area contributed by atoms with E-state index in [4.69, 9.17) is 26.8 Å². The molecular formula is C30H59BO5. The minimum Gasteiger partial charge on any atom is -0.394 e. The van der Waals surface area contributed by atoms with E-state index >= 15 is 0 Å². The van der Waals surface area contributed by atoms with Crippen molar-refractivity contribution in [1.82, 2.24) is 0 Å². The lowest BCUT2D eigenvalue weighted by atomic mass is 9.93. The summed E-state index contributed by atoms with van der Waals surface area (Å²) in [5.74, 6) is 0. The molecule has 2 radical (unpaired) electrons. The molecule has 1 heterocycles. The fourth-order valence-electron chi connectivity index (χ4n) is 5.18. The molecule has 0 amide bonds. The van der Waals surface area contributed by atoms with Crippen LogP contribution in [0, 0.1) is 0 Å². The molecule has 0 aromatic carbocycles. The van der Waals surface area contributed by atoms with Gasteiger partial charge < -0.3 is 24.1 Å². The minimum absolute atomic E-state index is 0.123. The second-order valence-electron chi connectivity index (χ2n) is 10.7. The summed E-state index contributed by atoms with van der Waals surface area (Å²) in [5.41, 5.74) is 0. The first-order valence-electron chi connectivity index (χ1n) is 15.5. The van der Waals surface area contributed by atoms with Crippen molar-refractivity contribution < 1.29 is 24.1 Å². The van der Waals surface area contributed by atoms with Crippen molar-refractivity contribution in [2.24, 2.45) is 0 Å². The molecule has 4 atom stereocenters. The summed E-state index contributed by atoms with van der Waals surface area (Å²) in [6.07, 6.45) is 26.8. The van der Waals surface area contributed by atoms with E-state index < -0.39 is 12.1 Å². The predicted octanol–water partition coefficient (Wildman–Crippen LogP) is 7.11. The van der Waals surface area contributed by atoms with Gasteiger partial charge in [0.15, 0.2) is 0 Å². The Morgan fingerprint density at radius 2 is 1.06 bits per heavy atom. The van der Waals surface area contributed by atoms with Gasteiger partial charge in [0.05, 0.1) is 19.8 Å². The zero-order valence-electron chi connectivity index (χ0n) is 23.9. The number of unbranched alkanes of at least 4 members (excludes halogenated alkanes) is 19. The van der Waals surface area contributed by atoms with Gasteiger partial charge in [0, 0.05) is 19.7 Å². The van der Waals surface area contributed by atoms with Crippen LogP contribution in [0.2, 0.25) is 0 Å². The van der Waals surface area contributed by atoms with Crippen LogP contribution in [0.1, 0.15) is 135 Å². The van der Waals surface area contributed by atoms with Crippen LogP contribution < -0.4 is 0 Å². The van der Waals surface area contributed by atoms with Crippen LogP contribution in [0.5, 0.6) is 0 Å². The molecule has 1 saturated heterocycles. The van der Waals surface area contributed by atoms with Gasteiger partial charge in [-0.25, -0.2) is 0 Å².